The highest BCUT2D eigenvalue weighted by Gasteiger charge is 2.22. The van der Waals surface area contributed by atoms with Gasteiger partial charge in [-0.3, -0.25) is 9.78 Å². The molecule has 0 bridgehead atoms. The van der Waals surface area contributed by atoms with E-state index in [0.29, 0.717) is 36.6 Å². The van der Waals surface area contributed by atoms with Gasteiger partial charge < -0.3 is 14.6 Å². The Bertz CT molecular complexity index is 1220. The molecule has 4 rings (SSSR count). The van der Waals surface area contributed by atoms with Crippen LogP contribution in [-0.4, -0.2) is 46.0 Å². The number of halogens is 1. The fraction of sp³-hybridized carbons (Fsp3) is 0.240. The first-order valence-electron chi connectivity index (χ1n) is 10.6. The van der Waals surface area contributed by atoms with Crippen molar-refractivity contribution >= 4 is 16.8 Å². The molecule has 0 aliphatic carbocycles. The first-order valence-corrected chi connectivity index (χ1v) is 10.6. The number of aromatic amines is 1. The molecule has 0 atom stereocenters. The van der Waals surface area contributed by atoms with E-state index in [9.17, 15) is 9.18 Å². The topological polar surface area (TPSA) is 71.1 Å². The molecule has 0 unspecified atom stereocenters. The summed E-state index contributed by atoms with van der Waals surface area (Å²) >= 11 is 0. The molecule has 1 N–H and O–H groups in total. The van der Waals surface area contributed by atoms with Crippen LogP contribution in [0.25, 0.3) is 22.0 Å². The van der Waals surface area contributed by atoms with Gasteiger partial charge >= 0.3 is 0 Å². The molecular formula is C25H25FN4O2. The minimum absolute atomic E-state index is 0.171. The van der Waals surface area contributed by atoms with E-state index in [1.807, 2.05) is 31.3 Å². The Hall–Kier alpha value is -3.74. The standard InChI is InChI=1S/C25H25FN4O2/c1-3-12-30(13-10-18-16-28-22-8-6-19(26)14-21(18)22)25(31)24-20(7-9-23(29-24)32-2)17-5-4-11-27-15-17/h4-9,11,14-16,28H,3,10,12-13H2,1-2H3. The number of benzene rings is 1. The molecule has 0 spiro atoms. The van der Waals surface area contributed by atoms with E-state index in [1.54, 1.807) is 29.4 Å². The van der Waals surface area contributed by atoms with Crippen molar-refractivity contribution in [2.75, 3.05) is 20.2 Å². The third kappa shape index (κ3) is 4.46. The average molecular weight is 432 g/mol. The van der Waals surface area contributed by atoms with Gasteiger partial charge in [0.1, 0.15) is 11.5 Å². The maximum absolute atomic E-state index is 13.7. The number of rotatable bonds is 8. The number of hydrogen-bond acceptors (Lipinski definition) is 4. The highest BCUT2D eigenvalue weighted by molar-refractivity contribution is 5.99. The first kappa shape index (κ1) is 21.5. The van der Waals surface area contributed by atoms with Gasteiger partial charge in [-0.1, -0.05) is 13.0 Å². The molecule has 0 saturated heterocycles. The number of ether oxygens (including phenoxy) is 1. The number of amides is 1. The minimum atomic E-state index is -0.276. The molecule has 1 aromatic carbocycles. The van der Waals surface area contributed by atoms with Crippen LogP contribution in [0.2, 0.25) is 0 Å². The van der Waals surface area contributed by atoms with E-state index in [2.05, 4.69) is 15.0 Å². The number of nitrogens with one attached hydrogen (secondary N) is 1. The van der Waals surface area contributed by atoms with E-state index < -0.39 is 0 Å². The van der Waals surface area contributed by atoms with Crippen LogP contribution in [0.4, 0.5) is 4.39 Å². The molecule has 164 valence electrons. The van der Waals surface area contributed by atoms with Crippen LogP contribution in [0, 0.1) is 5.82 Å². The van der Waals surface area contributed by atoms with E-state index in [1.165, 1.54) is 19.2 Å². The van der Waals surface area contributed by atoms with E-state index >= 15 is 0 Å². The second kappa shape index (κ2) is 9.60. The zero-order valence-electron chi connectivity index (χ0n) is 18.1. The van der Waals surface area contributed by atoms with Crippen molar-refractivity contribution in [1.82, 2.24) is 19.9 Å². The lowest BCUT2D eigenvalue weighted by Crippen LogP contribution is -2.34. The Morgan fingerprint density at radius 1 is 1.19 bits per heavy atom. The third-order valence-electron chi connectivity index (χ3n) is 5.42. The summed E-state index contributed by atoms with van der Waals surface area (Å²) in [6.07, 6.45) is 6.69. The summed E-state index contributed by atoms with van der Waals surface area (Å²) in [5.74, 6) is -0.0679. The molecule has 0 saturated carbocycles. The molecule has 6 nitrogen and oxygen atoms in total. The number of carbonyl (C=O) groups is 1. The van der Waals surface area contributed by atoms with Crippen LogP contribution < -0.4 is 4.74 Å². The molecule has 0 aliphatic rings. The van der Waals surface area contributed by atoms with E-state index in [-0.39, 0.29) is 11.7 Å². The Balaban J connectivity index is 1.63. The average Bonchev–Trinajstić information content (AvgIpc) is 3.23. The maximum Gasteiger partial charge on any atom is 0.273 e. The molecule has 3 heterocycles. The summed E-state index contributed by atoms with van der Waals surface area (Å²) in [5, 5.41) is 0.837. The van der Waals surface area contributed by atoms with E-state index in [4.69, 9.17) is 4.74 Å². The van der Waals surface area contributed by atoms with Crippen molar-refractivity contribution in [2.24, 2.45) is 0 Å². The molecular weight excluding hydrogens is 407 g/mol. The highest BCUT2D eigenvalue weighted by Crippen LogP contribution is 2.26. The predicted octanol–water partition coefficient (Wildman–Crippen LogP) is 4.87. The van der Waals surface area contributed by atoms with Gasteiger partial charge in [-0.25, -0.2) is 9.37 Å². The summed E-state index contributed by atoms with van der Waals surface area (Å²) in [6.45, 7) is 3.10. The number of aromatic nitrogens is 3. The maximum atomic E-state index is 13.7. The lowest BCUT2D eigenvalue weighted by molar-refractivity contribution is 0.0751. The number of hydrogen-bond donors (Lipinski definition) is 1. The molecule has 3 aromatic heterocycles. The third-order valence-corrected chi connectivity index (χ3v) is 5.42. The molecule has 1 amide bonds. The van der Waals surface area contributed by atoms with Gasteiger partial charge in [0.15, 0.2) is 0 Å². The Morgan fingerprint density at radius 3 is 2.81 bits per heavy atom. The summed E-state index contributed by atoms with van der Waals surface area (Å²) < 4.78 is 19.0. The summed E-state index contributed by atoms with van der Waals surface area (Å²) in [5.41, 5.74) is 3.70. The minimum Gasteiger partial charge on any atom is -0.481 e. The predicted molar refractivity (Wildman–Crippen MR) is 122 cm³/mol. The molecule has 32 heavy (non-hydrogen) atoms. The van der Waals surface area contributed by atoms with Gasteiger partial charge in [-0.15, -0.1) is 0 Å². The van der Waals surface area contributed by atoms with Crippen molar-refractivity contribution < 1.29 is 13.9 Å². The zero-order chi connectivity index (χ0) is 22.5. The van der Waals surface area contributed by atoms with Crippen molar-refractivity contribution in [3.05, 3.63) is 78.1 Å². The van der Waals surface area contributed by atoms with Gasteiger partial charge in [0, 0.05) is 59.8 Å². The number of fused-ring (bicyclic) bond motifs is 1. The lowest BCUT2D eigenvalue weighted by atomic mass is 10.0. The van der Waals surface area contributed by atoms with Gasteiger partial charge in [0.25, 0.3) is 5.91 Å². The Kier molecular flexibility index (Phi) is 6.44. The second-order valence-electron chi connectivity index (χ2n) is 7.54. The smallest absolute Gasteiger partial charge is 0.273 e. The molecule has 0 radical (unpaired) electrons. The van der Waals surface area contributed by atoms with Crippen molar-refractivity contribution in [1.29, 1.82) is 0 Å². The first-order chi connectivity index (χ1) is 15.6. The SMILES string of the molecule is CCCN(CCc1c[nH]c2ccc(F)cc12)C(=O)c1nc(OC)ccc1-c1cccnc1. The normalized spacial score (nSPS) is 11.0. The van der Waals surface area contributed by atoms with Gasteiger partial charge in [-0.05, 0) is 48.7 Å². The van der Waals surface area contributed by atoms with E-state index in [0.717, 1.165) is 28.5 Å². The van der Waals surface area contributed by atoms with Crippen LogP contribution in [0.1, 0.15) is 29.4 Å². The van der Waals surface area contributed by atoms with Gasteiger partial charge in [0.05, 0.1) is 7.11 Å². The lowest BCUT2D eigenvalue weighted by Gasteiger charge is -2.23. The number of methoxy groups -OCH3 is 1. The molecule has 4 aromatic rings. The fourth-order valence-electron chi connectivity index (χ4n) is 3.82. The monoisotopic (exact) mass is 432 g/mol. The number of H-pyrrole nitrogens is 1. The summed E-state index contributed by atoms with van der Waals surface area (Å²) in [6, 6.07) is 12.0. The van der Waals surface area contributed by atoms with Crippen LogP contribution in [0.5, 0.6) is 5.88 Å². The second-order valence-corrected chi connectivity index (χ2v) is 7.54. The number of nitrogens with zero attached hydrogens (tertiary/aromatic N) is 3. The van der Waals surface area contributed by atoms with Crippen LogP contribution in [-0.2, 0) is 6.42 Å². The summed E-state index contributed by atoms with van der Waals surface area (Å²) in [4.78, 5) is 27.2. The van der Waals surface area contributed by atoms with Crippen LogP contribution in [0.15, 0.2) is 61.1 Å². The fourth-order valence-corrected chi connectivity index (χ4v) is 3.82. The number of carbonyl (C=O) groups excluding carboxylic acids is 1. The van der Waals surface area contributed by atoms with Gasteiger partial charge in [-0.2, -0.15) is 0 Å². The quantitative estimate of drug-likeness (QED) is 0.431. The van der Waals surface area contributed by atoms with Crippen LogP contribution in [0.3, 0.4) is 0 Å². The number of pyridine rings is 2. The largest absolute Gasteiger partial charge is 0.481 e. The Morgan fingerprint density at radius 2 is 2.06 bits per heavy atom. The van der Waals surface area contributed by atoms with Crippen molar-refractivity contribution in [2.45, 2.75) is 19.8 Å². The zero-order valence-corrected chi connectivity index (χ0v) is 18.1. The van der Waals surface area contributed by atoms with Gasteiger partial charge in [0.2, 0.25) is 5.88 Å². The molecule has 0 aliphatic heterocycles. The van der Waals surface area contributed by atoms with Crippen LogP contribution >= 0.6 is 0 Å². The van der Waals surface area contributed by atoms with Crippen molar-refractivity contribution in [3.63, 3.8) is 0 Å². The molecule has 7 heteroatoms. The molecule has 0 fully saturated rings. The highest BCUT2D eigenvalue weighted by atomic mass is 19.1. The van der Waals surface area contributed by atoms with Crippen molar-refractivity contribution in [3.8, 4) is 17.0 Å². The Labute approximate surface area is 186 Å². The summed E-state index contributed by atoms with van der Waals surface area (Å²) in [7, 11) is 1.53.